The number of ether oxygens (including phenoxy) is 4. The zero-order valence-electron chi connectivity index (χ0n) is 25.3. The number of nitrogens with one attached hydrogen (secondary N) is 3. The van der Waals surface area contributed by atoms with E-state index in [0.717, 1.165) is 27.9 Å². The molecule has 0 heterocycles. The van der Waals surface area contributed by atoms with E-state index in [9.17, 15) is 14.4 Å². The standard InChI is InChI=1S/C32H38N4O7/c1-7-42-28-17-24(9-11-26(28)43-19-29(37)35-30-21(3)14-20(2)15-22(30)4)18-34-36-32(39)31(38)33-13-12-23-8-10-25(40-5)27(16-23)41-6/h8-11,14-18H,7,12-13,19H2,1-6H3,(H,33,38)(H,35,37)(H,36,39)/b34-18-. The van der Waals surface area contributed by atoms with Crippen LogP contribution >= 0.6 is 0 Å². The molecule has 0 aliphatic heterocycles. The molecule has 228 valence electrons. The number of amides is 3. The van der Waals surface area contributed by atoms with Crippen molar-refractivity contribution in [1.29, 1.82) is 0 Å². The first-order valence-electron chi connectivity index (χ1n) is 13.7. The predicted octanol–water partition coefficient (Wildman–Crippen LogP) is 3.85. The molecule has 0 bridgehead atoms. The largest absolute Gasteiger partial charge is 0.493 e. The van der Waals surface area contributed by atoms with Gasteiger partial charge in [-0.15, -0.1) is 0 Å². The summed E-state index contributed by atoms with van der Waals surface area (Å²) in [7, 11) is 3.10. The van der Waals surface area contributed by atoms with Crippen molar-refractivity contribution < 1.29 is 33.3 Å². The van der Waals surface area contributed by atoms with Crippen molar-refractivity contribution in [2.75, 3.05) is 39.3 Å². The predicted molar refractivity (Wildman–Crippen MR) is 164 cm³/mol. The average molecular weight is 591 g/mol. The minimum Gasteiger partial charge on any atom is -0.493 e. The van der Waals surface area contributed by atoms with E-state index in [1.165, 1.54) is 6.21 Å². The molecule has 3 aromatic rings. The fourth-order valence-electron chi connectivity index (χ4n) is 4.34. The van der Waals surface area contributed by atoms with Gasteiger partial charge in [0.2, 0.25) is 0 Å². The van der Waals surface area contributed by atoms with E-state index in [-0.39, 0.29) is 19.1 Å². The van der Waals surface area contributed by atoms with Crippen LogP contribution in [0.15, 0.2) is 53.6 Å². The number of hydrazone groups is 1. The minimum absolute atomic E-state index is 0.211. The number of anilines is 1. The average Bonchev–Trinajstić information content (AvgIpc) is 2.98. The molecular weight excluding hydrogens is 552 g/mol. The fourth-order valence-corrected chi connectivity index (χ4v) is 4.34. The summed E-state index contributed by atoms with van der Waals surface area (Å²) < 4.78 is 21.9. The van der Waals surface area contributed by atoms with E-state index >= 15 is 0 Å². The Balaban J connectivity index is 1.51. The SMILES string of the molecule is CCOc1cc(/C=N\NC(=O)C(=O)NCCc2ccc(OC)c(OC)c2)ccc1OCC(=O)Nc1c(C)cc(C)cc1C. The lowest BCUT2D eigenvalue weighted by molar-refractivity contribution is -0.139. The summed E-state index contributed by atoms with van der Waals surface area (Å²) in [5.41, 5.74) is 7.55. The molecule has 0 unspecified atom stereocenters. The molecule has 11 heteroatoms. The minimum atomic E-state index is -0.904. The van der Waals surface area contributed by atoms with Gasteiger partial charge in [-0.25, -0.2) is 5.43 Å². The van der Waals surface area contributed by atoms with Gasteiger partial charge in [-0.2, -0.15) is 5.10 Å². The Bertz CT molecular complexity index is 1460. The number of hydrogen-bond donors (Lipinski definition) is 3. The number of nitrogens with zero attached hydrogens (tertiary/aromatic N) is 1. The van der Waals surface area contributed by atoms with Gasteiger partial charge < -0.3 is 29.6 Å². The summed E-state index contributed by atoms with van der Waals surface area (Å²) >= 11 is 0. The summed E-state index contributed by atoms with van der Waals surface area (Å²) in [6.45, 7) is 8.12. The molecule has 0 fully saturated rings. The normalized spacial score (nSPS) is 10.7. The van der Waals surface area contributed by atoms with Gasteiger partial charge in [0.1, 0.15) is 0 Å². The molecule has 0 atom stereocenters. The molecule has 11 nitrogen and oxygen atoms in total. The first-order chi connectivity index (χ1) is 20.6. The van der Waals surface area contributed by atoms with Crippen LogP contribution in [0.5, 0.6) is 23.0 Å². The molecule has 3 N–H and O–H groups in total. The van der Waals surface area contributed by atoms with Crippen LogP contribution in [0.1, 0.15) is 34.7 Å². The Morgan fingerprint density at radius 2 is 1.51 bits per heavy atom. The smallest absolute Gasteiger partial charge is 0.329 e. The van der Waals surface area contributed by atoms with E-state index < -0.39 is 11.8 Å². The van der Waals surface area contributed by atoms with Crippen LogP contribution in [0.4, 0.5) is 5.69 Å². The molecule has 0 spiro atoms. The summed E-state index contributed by atoms with van der Waals surface area (Å²) in [6.07, 6.45) is 1.86. The van der Waals surface area contributed by atoms with Crippen molar-refractivity contribution in [3.05, 3.63) is 76.3 Å². The van der Waals surface area contributed by atoms with Crippen LogP contribution in [-0.2, 0) is 20.8 Å². The van der Waals surface area contributed by atoms with Gasteiger partial charge >= 0.3 is 11.8 Å². The van der Waals surface area contributed by atoms with Crippen LogP contribution in [-0.4, -0.2) is 57.9 Å². The molecule has 0 saturated carbocycles. The number of carbonyl (C=O) groups excluding carboxylic acids is 3. The molecule has 0 saturated heterocycles. The van der Waals surface area contributed by atoms with E-state index in [0.29, 0.717) is 41.6 Å². The van der Waals surface area contributed by atoms with Gasteiger partial charge in [-0.1, -0.05) is 23.8 Å². The molecule has 0 aliphatic rings. The van der Waals surface area contributed by atoms with Gasteiger partial charge in [0.05, 0.1) is 27.0 Å². The second kappa shape index (κ2) is 15.8. The quantitative estimate of drug-likeness (QED) is 0.156. The zero-order chi connectivity index (χ0) is 31.4. The van der Waals surface area contributed by atoms with Crippen molar-refractivity contribution in [3.63, 3.8) is 0 Å². The van der Waals surface area contributed by atoms with Crippen molar-refractivity contribution in [2.24, 2.45) is 5.10 Å². The number of carbonyl (C=O) groups is 3. The van der Waals surface area contributed by atoms with E-state index in [1.54, 1.807) is 38.5 Å². The zero-order valence-corrected chi connectivity index (χ0v) is 25.3. The van der Waals surface area contributed by atoms with Crippen LogP contribution in [0, 0.1) is 20.8 Å². The van der Waals surface area contributed by atoms with Gasteiger partial charge in [-0.05, 0) is 86.7 Å². The fraction of sp³-hybridized carbons (Fsp3) is 0.312. The molecule has 43 heavy (non-hydrogen) atoms. The number of aryl methyl sites for hydroxylation is 3. The van der Waals surface area contributed by atoms with Crippen LogP contribution in [0.2, 0.25) is 0 Å². The Morgan fingerprint density at radius 1 is 0.814 bits per heavy atom. The maximum absolute atomic E-state index is 12.6. The highest BCUT2D eigenvalue weighted by Gasteiger charge is 2.14. The lowest BCUT2D eigenvalue weighted by Gasteiger charge is -2.15. The summed E-state index contributed by atoms with van der Waals surface area (Å²) in [4.78, 5) is 36.9. The molecule has 3 aromatic carbocycles. The number of rotatable bonds is 13. The maximum atomic E-state index is 12.6. The number of methoxy groups -OCH3 is 2. The van der Waals surface area contributed by atoms with Crippen molar-refractivity contribution in [2.45, 2.75) is 34.1 Å². The Hall–Kier alpha value is -5.06. The molecule has 3 rings (SSSR count). The van der Waals surface area contributed by atoms with Crippen molar-refractivity contribution in [3.8, 4) is 23.0 Å². The third-order valence-corrected chi connectivity index (χ3v) is 6.30. The summed E-state index contributed by atoms with van der Waals surface area (Å²) in [5, 5.41) is 9.34. The number of hydrogen-bond acceptors (Lipinski definition) is 8. The van der Waals surface area contributed by atoms with Crippen molar-refractivity contribution >= 4 is 29.6 Å². The van der Waals surface area contributed by atoms with Crippen LogP contribution in [0.3, 0.4) is 0 Å². The van der Waals surface area contributed by atoms with Gasteiger partial charge in [0.15, 0.2) is 29.6 Å². The van der Waals surface area contributed by atoms with Gasteiger partial charge in [-0.3, -0.25) is 14.4 Å². The molecule has 0 aliphatic carbocycles. The molecule has 3 amide bonds. The monoisotopic (exact) mass is 590 g/mol. The number of benzene rings is 3. The molecule has 0 aromatic heterocycles. The molecule has 0 radical (unpaired) electrons. The third kappa shape index (κ3) is 9.49. The topological polar surface area (TPSA) is 137 Å². The third-order valence-electron chi connectivity index (χ3n) is 6.30. The lowest BCUT2D eigenvalue weighted by atomic mass is 10.1. The maximum Gasteiger partial charge on any atom is 0.329 e. The van der Waals surface area contributed by atoms with Crippen LogP contribution < -0.4 is 35.0 Å². The second-order valence-electron chi connectivity index (χ2n) is 9.64. The Morgan fingerprint density at radius 3 is 2.19 bits per heavy atom. The highest BCUT2D eigenvalue weighted by molar-refractivity contribution is 6.35. The van der Waals surface area contributed by atoms with Gasteiger partial charge in [0.25, 0.3) is 5.91 Å². The Kier molecular flexibility index (Phi) is 11.9. The van der Waals surface area contributed by atoms with E-state index in [2.05, 4.69) is 21.2 Å². The highest BCUT2D eigenvalue weighted by Crippen LogP contribution is 2.29. The molecular formula is C32H38N4O7. The lowest BCUT2D eigenvalue weighted by Crippen LogP contribution is -2.38. The van der Waals surface area contributed by atoms with E-state index in [4.69, 9.17) is 18.9 Å². The van der Waals surface area contributed by atoms with Crippen LogP contribution in [0.25, 0.3) is 0 Å². The first-order valence-corrected chi connectivity index (χ1v) is 13.7. The summed E-state index contributed by atoms with van der Waals surface area (Å²) in [5.74, 6) is -0.0450. The highest BCUT2D eigenvalue weighted by atomic mass is 16.5. The van der Waals surface area contributed by atoms with E-state index in [1.807, 2.05) is 52.0 Å². The van der Waals surface area contributed by atoms with Gasteiger partial charge in [0, 0.05) is 12.2 Å². The second-order valence-corrected chi connectivity index (χ2v) is 9.64. The Labute approximate surface area is 251 Å². The van der Waals surface area contributed by atoms with Crippen molar-refractivity contribution in [1.82, 2.24) is 10.7 Å². The first kappa shape index (κ1) is 32.5. The summed E-state index contributed by atoms with van der Waals surface area (Å²) in [6, 6.07) is 14.4.